The molecule has 0 aliphatic carbocycles. The lowest BCUT2D eigenvalue weighted by Gasteiger charge is -2.19. The second-order valence-electron chi connectivity index (χ2n) is 4.88. The maximum Gasteiger partial charge on any atom is 0.343 e. The van der Waals surface area contributed by atoms with Gasteiger partial charge in [-0.05, 0) is 26.0 Å². The Kier molecular flexibility index (Phi) is 7.10. The molecule has 1 aromatic carbocycles. The van der Waals surface area contributed by atoms with Gasteiger partial charge in [-0.2, -0.15) is 0 Å². The zero-order valence-corrected chi connectivity index (χ0v) is 14.0. The molecule has 0 aliphatic heterocycles. The minimum absolute atomic E-state index is 0.0742. The van der Waals surface area contributed by atoms with Crippen LogP contribution in [0.2, 0.25) is 0 Å². The highest BCUT2D eigenvalue weighted by atomic mass is 19.1. The molecule has 1 aromatic rings. The van der Waals surface area contributed by atoms with E-state index in [1.165, 1.54) is 32.2 Å². The van der Waals surface area contributed by atoms with E-state index in [0.29, 0.717) is 0 Å². The number of Topliss-reactive ketones (excluding diaryl/α,β-unsaturated/α-hetero) is 1. The van der Waals surface area contributed by atoms with Crippen molar-refractivity contribution in [3.63, 3.8) is 0 Å². The Labute approximate surface area is 139 Å². The zero-order valence-electron chi connectivity index (χ0n) is 14.0. The van der Waals surface area contributed by atoms with Gasteiger partial charge in [-0.15, -0.1) is 0 Å². The number of hydrogen-bond donors (Lipinski definition) is 1. The van der Waals surface area contributed by atoms with Gasteiger partial charge in [0.15, 0.2) is 6.10 Å². The van der Waals surface area contributed by atoms with Crippen LogP contribution in [-0.4, -0.2) is 31.4 Å². The normalized spacial score (nSPS) is 12.7. The van der Waals surface area contributed by atoms with Crippen LogP contribution in [0.15, 0.2) is 35.5 Å². The maximum absolute atomic E-state index is 13.5. The Hall–Kier alpha value is -2.70. The highest BCUT2D eigenvalue weighted by molar-refractivity contribution is 6.19. The van der Waals surface area contributed by atoms with Crippen LogP contribution in [0.3, 0.4) is 0 Å². The van der Waals surface area contributed by atoms with E-state index in [4.69, 9.17) is 9.47 Å². The average Bonchev–Trinajstić information content (AvgIpc) is 2.52. The number of rotatable bonds is 7. The summed E-state index contributed by atoms with van der Waals surface area (Å²) in [4.78, 5) is 36.3. The van der Waals surface area contributed by atoms with Gasteiger partial charge in [0, 0.05) is 25.2 Å². The summed E-state index contributed by atoms with van der Waals surface area (Å²) < 4.78 is 23.4. The van der Waals surface area contributed by atoms with E-state index in [1.54, 1.807) is 6.92 Å². The molecule has 0 amide bonds. The van der Waals surface area contributed by atoms with Crippen molar-refractivity contribution >= 4 is 17.7 Å². The van der Waals surface area contributed by atoms with Gasteiger partial charge in [-0.25, -0.2) is 9.18 Å². The van der Waals surface area contributed by atoms with Crippen LogP contribution in [0.1, 0.15) is 32.4 Å². The molecule has 0 aliphatic rings. The fourth-order valence-electron chi connectivity index (χ4n) is 2.01. The lowest BCUT2D eigenvalue weighted by atomic mass is 9.98. The Balaban J connectivity index is 3.36. The summed E-state index contributed by atoms with van der Waals surface area (Å²) in [5, 5.41) is 2.70. The average molecular weight is 337 g/mol. The second-order valence-corrected chi connectivity index (χ2v) is 4.88. The number of esters is 2. The number of nitrogens with one attached hydrogen (secondary N) is 1. The van der Waals surface area contributed by atoms with Crippen molar-refractivity contribution in [2.24, 2.45) is 0 Å². The van der Waals surface area contributed by atoms with Crippen LogP contribution in [0.5, 0.6) is 0 Å². The molecule has 0 spiro atoms. The van der Waals surface area contributed by atoms with E-state index < -0.39 is 29.6 Å². The van der Waals surface area contributed by atoms with Gasteiger partial charge in [-0.3, -0.25) is 9.59 Å². The minimum atomic E-state index is -1.44. The first-order chi connectivity index (χ1) is 11.3. The van der Waals surface area contributed by atoms with Gasteiger partial charge in [-0.1, -0.05) is 12.1 Å². The molecule has 1 rings (SSSR count). The van der Waals surface area contributed by atoms with Crippen LogP contribution >= 0.6 is 0 Å². The van der Waals surface area contributed by atoms with Crippen molar-refractivity contribution in [1.82, 2.24) is 5.32 Å². The number of ketones is 1. The van der Waals surface area contributed by atoms with Gasteiger partial charge in [0.1, 0.15) is 11.4 Å². The maximum atomic E-state index is 13.5. The molecule has 1 N–H and O–H groups in total. The van der Waals surface area contributed by atoms with Crippen molar-refractivity contribution in [1.29, 1.82) is 0 Å². The van der Waals surface area contributed by atoms with Crippen LogP contribution in [0.4, 0.5) is 4.39 Å². The molecule has 0 heterocycles. The summed E-state index contributed by atoms with van der Waals surface area (Å²) in [7, 11) is 1.53. The van der Waals surface area contributed by atoms with Crippen LogP contribution < -0.4 is 5.32 Å². The zero-order chi connectivity index (χ0) is 18.3. The van der Waals surface area contributed by atoms with Gasteiger partial charge in [0.2, 0.25) is 5.78 Å². The van der Waals surface area contributed by atoms with E-state index in [1.807, 2.05) is 0 Å². The monoisotopic (exact) mass is 337 g/mol. The predicted octanol–water partition coefficient (Wildman–Crippen LogP) is 2.06. The highest BCUT2D eigenvalue weighted by Gasteiger charge is 2.33. The number of carbonyl (C=O) groups excluding carboxylic acids is 3. The molecular formula is C17H20FNO5. The van der Waals surface area contributed by atoms with Gasteiger partial charge in [0.25, 0.3) is 0 Å². The third kappa shape index (κ3) is 4.91. The molecule has 0 saturated carbocycles. The van der Waals surface area contributed by atoms with Crippen LogP contribution in [-0.2, 0) is 23.9 Å². The van der Waals surface area contributed by atoms with Crippen molar-refractivity contribution in [3.05, 3.63) is 46.9 Å². The lowest BCUT2D eigenvalue weighted by Crippen LogP contribution is -2.28. The first kappa shape index (κ1) is 19.3. The quantitative estimate of drug-likeness (QED) is 0.355. The van der Waals surface area contributed by atoms with E-state index >= 15 is 0 Å². The van der Waals surface area contributed by atoms with E-state index in [9.17, 15) is 18.8 Å². The molecule has 0 fully saturated rings. The number of hydrogen-bond acceptors (Lipinski definition) is 6. The molecule has 0 radical (unpaired) electrons. The topological polar surface area (TPSA) is 81.7 Å². The molecule has 7 heteroatoms. The number of halogens is 1. The summed E-state index contributed by atoms with van der Waals surface area (Å²) in [5.41, 5.74) is 0.0998. The van der Waals surface area contributed by atoms with E-state index in [0.717, 1.165) is 13.0 Å². The summed E-state index contributed by atoms with van der Waals surface area (Å²) in [5.74, 6) is -2.96. The molecule has 0 bridgehead atoms. The van der Waals surface area contributed by atoms with Crippen molar-refractivity contribution in [2.75, 3.05) is 13.7 Å². The SMILES string of the molecule is CCOC(=O)/C(C(=O)C(OC(C)=O)c1cccc(F)c1)=C(\C)NC. The summed E-state index contributed by atoms with van der Waals surface area (Å²) >= 11 is 0. The number of allylic oxidation sites excluding steroid dienone is 1. The summed E-state index contributed by atoms with van der Waals surface area (Å²) in [6, 6.07) is 5.09. The third-order valence-electron chi connectivity index (χ3n) is 3.15. The van der Waals surface area contributed by atoms with E-state index in [2.05, 4.69) is 5.32 Å². The van der Waals surface area contributed by atoms with Crippen molar-refractivity contribution < 1.29 is 28.2 Å². The second kappa shape index (κ2) is 8.81. The van der Waals surface area contributed by atoms with Crippen molar-refractivity contribution in [2.45, 2.75) is 26.9 Å². The number of benzene rings is 1. The lowest BCUT2D eigenvalue weighted by molar-refractivity contribution is -0.154. The van der Waals surface area contributed by atoms with Gasteiger partial charge >= 0.3 is 11.9 Å². The Bertz CT molecular complexity index is 669. The predicted molar refractivity (Wildman–Crippen MR) is 84.3 cm³/mol. The fourth-order valence-corrected chi connectivity index (χ4v) is 2.01. The molecule has 0 saturated heterocycles. The Morgan fingerprint density at radius 3 is 2.42 bits per heavy atom. The van der Waals surface area contributed by atoms with Crippen molar-refractivity contribution in [3.8, 4) is 0 Å². The van der Waals surface area contributed by atoms with Gasteiger partial charge < -0.3 is 14.8 Å². The Morgan fingerprint density at radius 2 is 1.92 bits per heavy atom. The molecule has 0 aromatic heterocycles. The smallest absolute Gasteiger partial charge is 0.343 e. The van der Waals surface area contributed by atoms with Crippen LogP contribution in [0, 0.1) is 5.82 Å². The molecule has 24 heavy (non-hydrogen) atoms. The molecule has 1 unspecified atom stereocenters. The van der Waals surface area contributed by atoms with Crippen LogP contribution in [0.25, 0.3) is 0 Å². The van der Waals surface area contributed by atoms with Gasteiger partial charge in [0.05, 0.1) is 6.61 Å². The molecule has 1 atom stereocenters. The standard InChI is InChI=1S/C17H20FNO5/c1-5-23-17(22)14(10(2)19-4)15(21)16(24-11(3)20)12-7-6-8-13(18)9-12/h6-9,16,19H,5H2,1-4H3/b14-10+. The fraction of sp³-hybridized carbons (Fsp3) is 0.353. The number of carbonyl (C=O) groups is 3. The van der Waals surface area contributed by atoms with E-state index in [-0.39, 0.29) is 23.4 Å². The number of ether oxygens (including phenoxy) is 2. The Morgan fingerprint density at radius 1 is 1.25 bits per heavy atom. The first-order valence-electron chi connectivity index (χ1n) is 7.34. The summed E-state index contributed by atoms with van der Waals surface area (Å²) in [6.07, 6.45) is -1.44. The molecule has 6 nitrogen and oxygen atoms in total. The highest BCUT2D eigenvalue weighted by Crippen LogP contribution is 2.24. The molecule has 130 valence electrons. The minimum Gasteiger partial charge on any atom is -0.462 e. The first-order valence-corrected chi connectivity index (χ1v) is 7.34. The molecular weight excluding hydrogens is 317 g/mol. The largest absolute Gasteiger partial charge is 0.462 e. The summed E-state index contributed by atoms with van der Waals surface area (Å²) in [6.45, 7) is 4.31. The third-order valence-corrected chi connectivity index (χ3v) is 3.15.